The normalized spacial score (nSPS) is 15.7. The summed E-state index contributed by atoms with van der Waals surface area (Å²) in [5, 5.41) is 0. The average molecular weight is 261 g/mol. The Kier molecular flexibility index (Phi) is 4.06. The first kappa shape index (κ1) is 13.4. The van der Waals surface area contributed by atoms with Crippen LogP contribution >= 0.6 is 0 Å². The monoisotopic (exact) mass is 261 g/mol. The van der Waals surface area contributed by atoms with Gasteiger partial charge in [0.25, 0.3) is 11.8 Å². The summed E-state index contributed by atoms with van der Waals surface area (Å²) in [7, 11) is 0. The number of hydrogen-bond donors (Lipinski definition) is 0. The molecule has 1 fully saturated rings. The predicted octanol–water partition coefficient (Wildman–Crippen LogP) is 0.817. The molecular formula is C14H15NO4. The molecule has 2 amide bonds. The Morgan fingerprint density at radius 2 is 1.74 bits per heavy atom. The summed E-state index contributed by atoms with van der Waals surface area (Å²) in [5.41, 5.74) is 1.64. The molecule has 5 nitrogen and oxygen atoms in total. The third-order valence-corrected chi connectivity index (χ3v) is 3.04. The number of rotatable bonds is 4. The van der Waals surface area contributed by atoms with Crippen LogP contribution in [-0.2, 0) is 20.7 Å². The fraction of sp³-hybridized carbons (Fsp3) is 0.357. The predicted molar refractivity (Wildman–Crippen MR) is 67.7 cm³/mol. The lowest BCUT2D eigenvalue weighted by molar-refractivity contribution is -0.157. The Balaban J connectivity index is 2.07. The fourth-order valence-corrected chi connectivity index (χ4v) is 1.86. The number of carbonyl (C=O) groups is 3. The standard InChI is InChI=1S/C14H15NO4/c1-2-10-3-5-11(6-4-10)12(16)7-15-13(17)8-19-9-14(15)18/h3-6H,2,7-9H2,1H3. The Labute approximate surface area is 111 Å². The van der Waals surface area contributed by atoms with Gasteiger partial charge in [0.15, 0.2) is 5.78 Å². The zero-order chi connectivity index (χ0) is 13.8. The number of ketones is 1. The van der Waals surface area contributed by atoms with E-state index in [1.165, 1.54) is 0 Å². The lowest BCUT2D eigenvalue weighted by atomic mass is 10.1. The summed E-state index contributed by atoms with van der Waals surface area (Å²) < 4.78 is 4.79. The van der Waals surface area contributed by atoms with E-state index in [0.717, 1.165) is 16.9 Å². The van der Waals surface area contributed by atoms with Crippen molar-refractivity contribution >= 4 is 17.6 Å². The van der Waals surface area contributed by atoms with Crippen LogP contribution in [0.5, 0.6) is 0 Å². The second-order valence-electron chi connectivity index (χ2n) is 4.34. The number of hydrogen-bond acceptors (Lipinski definition) is 4. The first-order valence-corrected chi connectivity index (χ1v) is 6.15. The van der Waals surface area contributed by atoms with Crippen LogP contribution in [-0.4, -0.2) is 42.3 Å². The first-order valence-electron chi connectivity index (χ1n) is 6.15. The molecule has 2 rings (SSSR count). The van der Waals surface area contributed by atoms with E-state index in [1.54, 1.807) is 12.1 Å². The molecule has 1 aromatic rings. The number of nitrogens with zero attached hydrogens (tertiary/aromatic N) is 1. The summed E-state index contributed by atoms with van der Waals surface area (Å²) in [6, 6.07) is 7.18. The molecule has 1 aliphatic rings. The third-order valence-electron chi connectivity index (χ3n) is 3.04. The van der Waals surface area contributed by atoms with E-state index in [4.69, 9.17) is 4.74 Å². The quantitative estimate of drug-likeness (QED) is 0.594. The van der Waals surface area contributed by atoms with E-state index in [9.17, 15) is 14.4 Å². The number of aryl methyl sites for hydroxylation is 1. The number of carbonyl (C=O) groups excluding carboxylic acids is 3. The van der Waals surface area contributed by atoms with Gasteiger partial charge in [0.05, 0.1) is 6.54 Å². The highest BCUT2D eigenvalue weighted by molar-refractivity contribution is 6.05. The van der Waals surface area contributed by atoms with Gasteiger partial charge >= 0.3 is 0 Å². The van der Waals surface area contributed by atoms with Gasteiger partial charge in [-0.3, -0.25) is 19.3 Å². The summed E-state index contributed by atoms with van der Waals surface area (Å²) in [6.07, 6.45) is 0.898. The zero-order valence-corrected chi connectivity index (χ0v) is 10.7. The van der Waals surface area contributed by atoms with Gasteiger partial charge in [0.1, 0.15) is 13.2 Å². The molecule has 1 heterocycles. The summed E-state index contributed by atoms with van der Waals surface area (Å²) in [4.78, 5) is 36.0. The largest absolute Gasteiger partial charge is 0.362 e. The second-order valence-corrected chi connectivity index (χ2v) is 4.34. The van der Waals surface area contributed by atoms with E-state index in [1.807, 2.05) is 19.1 Å². The van der Waals surface area contributed by atoms with Gasteiger partial charge in [-0.05, 0) is 12.0 Å². The number of amides is 2. The molecule has 0 aliphatic carbocycles. The number of imide groups is 1. The van der Waals surface area contributed by atoms with Crippen molar-refractivity contribution in [3.8, 4) is 0 Å². The van der Waals surface area contributed by atoms with E-state index < -0.39 is 11.8 Å². The van der Waals surface area contributed by atoms with Crippen LogP contribution in [0.4, 0.5) is 0 Å². The van der Waals surface area contributed by atoms with Crippen molar-refractivity contribution in [1.82, 2.24) is 4.90 Å². The highest BCUT2D eigenvalue weighted by atomic mass is 16.5. The highest BCUT2D eigenvalue weighted by Gasteiger charge is 2.28. The first-order chi connectivity index (χ1) is 9.11. The van der Waals surface area contributed by atoms with Gasteiger partial charge in [-0.25, -0.2) is 0 Å². The molecule has 19 heavy (non-hydrogen) atoms. The van der Waals surface area contributed by atoms with Crippen molar-refractivity contribution < 1.29 is 19.1 Å². The summed E-state index contributed by atoms with van der Waals surface area (Å²) in [5.74, 6) is -1.17. The van der Waals surface area contributed by atoms with Crippen molar-refractivity contribution in [2.45, 2.75) is 13.3 Å². The molecule has 1 aliphatic heterocycles. The molecule has 5 heteroatoms. The van der Waals surface area contributed by atoms with Crippen LogP contribution < -0.4 is 0 Å². The minimum Gasteiger partial charge on any atom is -0.362 e. The maximum atomic E-state index is 12.0. The molecule has 100 valence electrons. The Morgan fingerprint density at radius 1 is 1.16 bits per heavy atom. The topological polar surface area (TPSA) is 63.7 Å². The van der Waals surface area contributed by atoms with E-state index in [2.05, 4.69) is 0 Å². The van der Waals surface area contributed by atoms with Gasteiger partial charge in [-0.2, -0.15) is 0 Å². The average Bonchev–Trinajstić information content (AvgIpc) is 2.43. The Morgan fingerprint density at radius 3 is 2.26 bits per heavy atom. The van der Waals surface area contributed by atoms with Crippen LogP contribution in [0.25, 0.3) is 0 Å². The van der Waals surface area contributed by atoms with Crippen molar-refractivity contribution in [2.75, 3.05) is 19.8 Å². The number of morpholine rings is 1. The van der Waals surface area contributed by atoms with Crippen molar-refractivity contribution in [2.24, 2.45) is 0 Å². The van der Waals surface area contributed by atoms with E-state index >= 15 is 0 Å². The summed E-state index contributed by atoms with van der Waals surface area (Å²) in [6.45, 7) is 1.52. The van der Waals surface area contributed by atoms with Crippen LogP contribution in [0, 0.1) is 0 Å². The molecule has 0 atom stereocenters. The highest BCUT2D eigenvalue weighted by Crippen LogP contribution is 2.08. The Bertz CT molecular complexity index is 491. The molecule has 1 aromatic carbocycles. The zero-order valence-electron chi connectivity index (χ0n) is 10.7. The van der Waals surface area contributed by atoms with Gasteiger partial charge in [-0.1, -0.05) is 31.2 Å². The van der Waals surface area contributed by atoms with Crippen molar-refractivity contribution in [3.05, 3.63) is 35.4 Å². The van der Waals surface area contributed by atoms with Gasteiger partial charge < -0.3 is 4.74 Å². The molecule has 0 spiro atoms. The molecule has 0 aromatic heterocycles. The van der Waals surface area contributed by atoms with Crippen LogP contribution in [0.2, 0.25) is 0 Å². The van der Waals surface area contributed by atoms with Crippen LogP contribution in [0.1, 0.15) is 22.8 Å². The van der Waals surface area contributed by atoms with Crippen LogP contribution in [0.15, 0.2) is 24.3 Å². The number of benzene rings is 1. The molecule has 0 N–H and O–H groups in total. The smallest absolute Gasteiger partial charge is 0.255 e. The van der Waals surface area contributed by atoms with E-state index in [-0.39, 0.29) is 25.5 Å². The molecule has 1 saturated heterocycles. The molecule has 0 bridgehead atoms. The lowest BCUT2D eigenvalue weighted by Gasteiger charge is -2.24. The van der Waals surface area contributed by atoms with E-state index in [0.29, 0.717) is 5.56 Å². The maximum absolute atomic E-state index is 12.0. The minimum atomic E-state index is -0.463. The molecule has 0 unspecified atom stereocenters. The third kappa shape index (κ3) is 3.06. The van der Waals surface area contributed by atoms with Gasteiger partial charge in [0, 0.05) is 5.56 Å². The SMILES string of the molecule is CCc1ccc(C(=O)CN2C(=O)COCC2=O)cc1. The van der Waals surface area contributed by atoms with Crippen molar-refractivity contribution in [3.63, 3.8) is 0 Å². The molecular weight excluding hydrogens is 246 g/mol. The van der Waals surface area contributed by atoms with Gasteiger partial charge in [0.2, 0.25) is 0 Å². The number of Topliss-reactive ketones (excluding diaryl/α,β-unsaturated/α-hetero) is 1. The van der Waals surface area contributed by atoms with Crippen molar-refractivity contribution in [1.29, 1.82) is 0 Å². The lowest BCUT2D eigenvalue weighted by Crippen LogP contribution is -2.48. The van der Waals surface area contributed by atoms with Crippen LogP contribution in [0.3, 0.4) is 0 Å². The number of ether oxygens (including phenoxy) is 1. The summed E-state index contributed by atoms with van der Waals surface area (Å²) >= 11 is 0. The minimum absolute atomic E-state index is 0.145. The maximum Gasteiger partial charge on any atom is 0.255 e. The fourth-order valence-electron chi connectivity index (χ4n) is 1.86. The molecule has 0 radical (unpaired) electrons. The van der Waals surface area contributed by atoms with Gasteiger partial charge in [-0.15, -0.1) is 0 Å². The Hall–Kier alpha value is -2.01. The molecule has 0 saturated carbocycles. The second kappa shape index (κ2) is 5.75.